The van der Waals surface area contributed by atoms with Crippen LogP contribution in [0.15, 0.2) is 42.5 Å². The number of hydrogen-bond acceptors (Lipinski definition) is 1. The standard InChI is InChI=1S/C15H11F3O/c16-12-9-14(18)13(17)8-11(12)15(19)7-6-10-4-2-1-3-5-10/h1-5,8-9H,6-7H2. The number of halogens is 3. The van der Waals surface area contributed by atoms with E-state index < -0.39 is 28.8 Å². The molecule has 0 aromatic heterocycles. The van der Waals surface area contributed by atoms with Crippen LogP contribution in [-0.2, 0) is 6.42 Å². The van der Waals surface area contributed by atoms with Crippen molar-refractivity contribution >= 4 is 5.78 Å². The highest BCUT2D eigenvalue weighted by atomic mass is 19.2. The smallest absolute Gasteiger partial charge is 0.166 e. The van der Waals surface area contributed by atoms with Crippen molar-refractivity contribution in [2.45, 2.75) is 12.8 Å². The van der Waals surface area contributed by atoms with Gasteiger partial charge in [-0.1, -0.05) is 30.3 Å². The Balaban J connectivity index is 2.10. The van der Waals surface area contributed by atoms with Crippen LogP contribution in [-0.4, -0.2) is 5.78 Å². The van der Waals surface area contributed by atoms with E-state index in [0.29, 0.717) is 18.6 Å². The topological polar surface area (TPSA) is 17.1 Å². The summed E-state index contributed by atoms with van der Waals surface area (Å²) in [7, 11) is 0. The molecule has 0 atom stereocenters. The van der Waals surface area contributed by atoms with Gasteiger partial charge in [-0.15, -0.1) is 0 Å². The largest absolute Gasteiger partial charge is 0.294 e. The van der Waals surface area contributed by atoms with E-state index in [4.69, 9.17) is 0 Å². The highest BCUT2D eigenvalue weighted by Crippen LogP contribution is 2.16. The van der Waals surface area contributed by atoms with Crippen LogP contribution in [0, 0.1) is 17.5 Å². The van der Waals surface area contributed by atoms with Crippen LogP contribution in [0.1, 0.15) is 22.3 Å². The molecule has 2 rings (SSSR count). The fourth-order valence-corrected chi connectivity index (χ4v) is 1.77. The van der Waals surface area contributed by atoms with Crippen molar-refractivity contribution in [1.82, 2.24) is 0 Å². The van der Waals surface area contributed by atoms with Gasteiger partial charge in [-0.05, 0) is 18.1 Å². The molecule has 0 bridgehead atoms. The molecule has 2 aromatic rings. The third-order valence-electron chi connectivity index (χ3n) is 2.79. The van der Waals surface area contributed by atoms with E-state index >= 15 is 0 Å². The summed E-state index contributed by atoms with van der Waals surface area (Å²) in [5, 5.41) is 0. The van der Waals surface area contributed by atoms with E-state index in [-0.39, 0.29) is 6.42 Å². The van der Waals surface area contributed by atoms with Gasteiger partial charge in [-0.25, -0.2) is 13.2 Å². The highest BCUT2D eigenvalue weighted by molar-refractivity contribution is 5.96. The first-order valence-electron chi connectivity index (χ1n) is 5.79. The molecule has 0 aliphatic carbocycles. The molecule has 0 fully saturated rings. The minimum atomic E-state index is -1.29. The molecule has 0 N–H and O–H groups in total. The van der Waals surface area contributed by atoms with Gasteiger partial charge in [0.05, 0.1) is 5.56 Å². The third-order valence-corrected chi connectivity index (χ3v) is 2.79. The first kappa shape index (κ1) is 13.3. The Kier molecular flexibility index (Phi) is 4.00. The summed E-state index contributed by atoms with van der Waals surface area (Å²) in [4.78, 5) is 11.8. The lowest BCUT2D eigenvalue weighted by Gasteiger charge is -2.04. The predicted molar refractivity (Wildman–Crippen MR) is 65.4 cm³/mol. The maximum Gasteiger partial charge on any atom is 0.166 e. The molecule has 0 saturated carbocycles. The van der Waals surface area contributed by atoms with Crippen LogP contribution < -0.4 is 0 Å². The van der Waals surface area contributed by atoms with Crippen molar-refractivity contribution < 1.29 is 18.0 Å². The average molecular weight is 264 g/mol. The number of benzene rings is 2. The third kappa shape index (κ3) is 3.22. The Morgan fingerprint density at radius 3 is 2.21 bits per heavy atom. The molecule has 0 radical (unpaired) electrons. The molecular weight excluding hydrogens is 253 g/mol. The number of carbonyl (C=O) groups is 1. The van der Waals surface area contributed by atoms with E-state index in [9.17, 15) is 18.0 Å². The van der Waals surface area contributed by atoms with Gasteiger partial charge in [0.15, 0.2) is 17.4 Å². The molecule has 98 valence electrons. The van der Waals surface area contributed by atoms with Crippen LogP contribution >= 0.6 is 0 Å². The van der Waals surface area contributed by atoms with E-state index in [1.807, 2.05) is 30.3 Å². The van der Waals surface area contributed by atoms with Crippen LogP contribution in [0.4, 0.5) is 13.2 Å². The van der Waals surface area contributed by atoms with Crippen molar-refractivity contribution in [1.29, 1.82) is 0 Å². The summed E-state index contributed by atoms with van der Waals surface area (Å²) in [6.45, 7) is 0. The zero-order valence-electron chi connectivity index (χ0n) is 10.00. The van der Waals surface area contributed by atoms with Gasteiger partial charge in [0.25, 0.3) is 0 Å². The second kappa shape index (κ2) is 5.69. The molecule has 4 heteroatoms. The number of rotatable bonds is 4. The quantitative estimate of drug-likeness (QED) is 0.604. The maximum absolute atomic E-state index is 13.4. The first-order valence-corrected chi connectivity index (χ1v) is 5.79. The van der Waals surface area contributed by atoms with Gasteiger partial charge in [-0.3, -0.25) is 4.79 Å². The molecule has 0 amide bonds. The lowest BCUT2D eigenvalue weighted by molar-refractivity contribution is 0.0978. The number of Topliss-reactive ketones (excluding diaryl/α,β-unsaturated/α-hetero) is 1. The van der Waals surface area contributed by atoms with E-state index in [2.05, 4.69) is 0 Å². The van der Waals surface area contributed by atoms with E-state index in [1.165, 1.54) is 0 Å². The van der Waals surface area contributed by atoms with Gasteiger partial charge in [0.1, 0.15) is 5.82 Å². The number of aryl methyl sites for hydroxylation is 1. The number of carbonyl (C=O) groups excluding carboxylic acids is 1. The van der Waals surface area contributed by atoms with Crippen molar-refractivity contribution in [2.24, 2.45) is 0 Å². The van der Waals surface area contributed by atoms with Gasteiger partial charge < -0.3 is 0 Å². The first-order chi connectivity index (χ1) is 9.08. The molecule has 0 heterocycles. The van der Waals surface area contributed by atoms with E-state index in [1.54, 1.807) is 0 Å². The zero-order valence-corrected chi connectivity index (χ0v) is 10.00. The fraction of sp³-hybridized carbons (Fsp3) is 0.133. The van der Waals surface area contributed by atoms with Crippen LogP contribution in [0.25, 0.3) is 0 Å². The molecule has 1 nitrogen and oxygen atoms in total. The number of hydrogen-bond donors (Lipinski definition) is 0. The molecule has 0 unspecified atom stereocenters. The summed E-state index contributed by atoms with van der Waals surface area (Å²) < 4.78 is 39.1. The molecule has 0 aliphatic rings. The van der Waals surface area contributed by atoms with Crippen LogP contribution in [0.3, 0.4) is 0 Å². The predicted octanol–water partition coefficient (Wildman–Crippen LogP) is 3.92. The summed E-state index contributed by atoms with van der Waals surface area (Å²) >= 11 is 0. The summed E-state index contributed by atoms with van der Waals surface area (Å²) in [6, 6.07) is 10.2. The monoisotopic (exact) mass is 264 g/mol. The highest BCUT2D eigenvalue weighted by Gasteiger charge is 2.15. The fourth-order valence-electron chi connectivity index (χ4n) is 1.77. The minimum Gasteiger partial charge on any atom is -0.294 e. The lowest BCUT2D eigenvalue weighted by Crippen LogP contribution is -2.06. The van der Waals surface area contributed by atoms with Gasteiger partial charge in [0.2, 0.25) is 0 Å². The lowest BCUT2D eigenvalue weighted by atomic mass is 10.0. The molecule has 19 heavy (non-hydrogen) atoms. The van der Waals surface area contributed by atoms with Crippen molar-refractivity contribution in [3.8, 4) is 0 Å². The SMILES string of the molecule is O=C(CCc1ccccc1)c1cc(F)c(F)cc1F. The molecule has 0 saturated heterocycles. The Hall–Kier alpha value is -2.10. The second-order valence-electron chi connectivity index (χ2n) is 4.15. The number of ketones is 1. The van der Waals surface area contributed by atoms with Gasteiger partial charge >= 0.3 is 0 Å². The van der Waals surface area contributed by atoms with Crippen molar-refractivity contribution in [2.75, 3.05) is 0 Å². The van der Waals surface area contributed by atoms with Crippen LogP contribution in [0.5, 0.6) is 0 Å². The molecular formula is C15H11F3O. The maximum atomic E-state index is 13.4. The van der Waals surface area contributed by atoms with Gasteiger partial charge in [0, 0.05) is 12.5 Å². The van der Waals surface area contributed by atoms with Crippen LogP contribution in [0.2, 0.25) is 0 Å². The minimum absolute atomic E-state index is 0.0476. The normalized spacial score (nSPS) is 10.5. The average Bonchev–Trinajstić information content (AvgIpc) is 2.41. The Morgan fingerprint density at radius 2 is 1.53 bits per heavy atom. The Morgan fingerprint density at radius 1 is 0.895 bits per heavy atom. The Bertz CT molecular complexity index is 594. The van der Waals surface area contributed by atoms with E-state index in [0.717, 1.165) is 5.56 Å². The molecule has 2 aromatic carbocycles. The molecule has 0 aliphatic heterocycles. The second-order valence-corrected chi connectivity index (χ2v) is 4.15. The summed E-state index contributed by atoms with van der Waals surface area (Å²) in [5.41, 5.74) is 0.522. The van der Waals surface area contributed by atoms with Gasteiger partial charge in [-0.2, -0.15) is 0 Å². The molecule has 0 spiro atoms. The summed E-state index contributed by atoms with van der Waals surface area (Å²) in [5.74, 6) is -4.08. The zero-order chi connectivity index (χ0) is 13.8. The Labute approximate surface area is 108 Å². The van der Waals surface area contributed by atoms with Crippen molar-refractivity contribution in [3.63, 3.8) is 0 Å². The van der Waals surface area contributed by atoms with Crippen molar-refractivity contribution in [3.05, 3.63) is 71.0 Å². The summed E-state index contributed by atoms with van der Waals surface area (Å²) in [6.07, 6.45) is 0.476.